The number of alkyl halides is 2. The molecule has 1 aromatic carbocycles. The van der Waals surface area contributed by atoms with Crippen LogP contribution in [0.25, 0.3) is 0 Å². The van der Waals surface area contributed by atoms with Crippen molar-refractivity contribution < 1.29 is 0 Å². The van der Waals surface area contributed by atoms with Crippen LogP contribution in [0.15, 0.2) is 28.7 Å². The van der Waals surface area contributed by atoms with Crippen molar-refractivity contribution in [3.63, 3.8) is 0 Å². The first-order chi connectivity index (χ1) is 6.14. The number of halogens is 3. The Labute approximate surface area is 97.4 Å². The first-order valence-electron chi connectivity index (χ1n) is 4.01. The minimum Gasteiger partial charge on any atom is -0.126 e. The van der Waals surface area contributed by atoms with Gasteiger partial charge in [0, 0.05) is 21.6 Å². The molecule has 0 fully saturated rings. The molecule has 0 aliphatic carbocycles. The van der Waals surface area contributed by atoms with Crippen LogP contribution in [0.1, 0.15) is 12.5 Å². The lowest BCUT2D eigenvalue weighted by Gasteiger charge is -2.25. The maximum atomic E-state index is 5.91. The zero-order chi connectivity index (χ0) is 9.90. The number of hydrogen-bond donors (Lipinski definition) is 0. The largest absolute Gasteiger partial charge is 0.126 e. The van der Waals surface area contributed by atoms with Gasteiger partial charge in [-0.15, -0.1) is 23.2 Å². The van der Waals surface area contributed by atoms with Gasteiger partial charge in [-0.05, 0) is 11.6 Å². The molecule has 0 radical (unpaired) electrons. The molecule has 0 nitrogen and oxygen atoms in total. The maximum Gasteiger partial charge on any atom is 0.0329 e. The van der Waals surface area contributed by atoms with Crippen molar-refractivity contribution >= 4 is 39.1 Å². The van der Waals surface area contributed by atoms with Crippen LogP contribution in [0.3, 0.4) is 0 Å². The fraction of sp³-hybridized carbons (Fsp3) is 0.400. The Balaban J connectivity index is 3.12. The van der Waals surface area contributed by atoms with Gasteiger partial charge in [-0.3, -0.25) is 0 Å². The summed E-state index contributed by atoms with van der Waals surface area (Å²) in [7, 11) is 0. The topological polar surface area (TPSA) is 0 Å². The Morgan fingerprint density at radius 3 is 2.23 bits per heavy atom. The van der Waals surface area contributed by atoms with Crippen LogP contribution >= 0.6 is 39.1 Å². The van der Waals surface area contributed by atoms with Crippen molar-refractivity contribution in [2.75, 3.05) is 11.8 Å². The number of hydrogen-bond acceptors (Lipinski definition) is 0. The van der Waals surface area contributed by atoms with Crippen molar-refractivity contribution in [1.82, 2.24) is 0 Å². The molecule has 1 rings (SSSR count). The fourth-order valence-corrected chi connectivity index (χ4v) is 2.47. The number of rotatable bonds is 3. The Morgan fingerprint density at radius 2 is 1.77 bits per heavy atom. The minimum atomic E-state index is -0.150. The monoisotopic (exact) mass is 280 g/mol. The van der Waals surface area contributed by atoms with Crippen LogP contribution < -0.4 is 0 Å². The summed E-state index contributed by atoms with van der Waals surface area (Å²) in [6.45, 7) is 2.06. The average Bonchev–Trinajstić information content (AvgIpc) is 2.17. The molecule has 0 aromatic heterocycles. The average molecular weight is 282 g/mol. The highest BCUT2D eigenvalue weighted by Crippen LogP contribution is 2.32. The van der Waals surface area contributed by atoms with Gasteiger partial charge in [-0.25, -0.2) is 0 Å². The Morgan fingerprint density at radius 1 is 1.23 bits per heavy atom. The first kappa shape index (κ1) is 11.4. The van der Waals surface area contributed by atoms with Crippen LogP contribution in [0.2, 0.25) is 0 Å². The molecule has 0 spiro atoms. The lowest BCUT2D eigenvalue weighted by molar-refractivity contribution is 0.602. The Kier molecular flexibility index (Phi) is 4.08. The molecule has 0 aliphatic heterocycles. The molecule has 0 atom stereocenters. The highest BCUT2D eigenvalue weighted by molar-refractivity contribution is 9.10. The highest BCUT2D eigenvalue weighted by Gasteiger charge is 2.26. The summed E-state index contributed by atoms with van der Waals surface area (Å²) in [5.41, 5.74) is 1.02. The molecule has 0 saturated carbocycles. The van der Waals surface area contributed by atoms with Gasteiger partial charge in [0.25, 0.3) is 0 Å². The zero-order valence-corrected chi connectivity index (χ0v) is 10.5. The van der Waals surface area contributed by atoms with Crippen molar-refractivity contribution in [3.05, 3.63) is 34.3 Å². The summed E-state index contributed by atoms with van der Waals surface area (Å²) in [4.78, 5) is 0. The Bertz CT molecular complexity index is 282. The molecule has 1 aromatic rings. The van der Waals surface area contributed by atoms with E-state index < -0.39 is 0 Å². The molecule has 0 saturated heterocycles. The van der Waals surface area contributed by atoms with E-state index >= 15 is 0 Å². The Hall–Kier alpha value is 0.280. The van der Waals surface area contributed by atoms with Crippen molar-refractivity contribution in [1.29, 1.82) is 0 Å². The highest BCUT2D eigenvalue weighted by atomic mass is 79.9. The van der Waals surface area contributed by atoms with Crippen molar-refractivity contribution in [2.24, 2.45) is 0 Å². The van der Waals surface area contributed by atoms with Crippen LogP contribution in [0, 0.1) is 0 Å². The molecule has 72 valence electrons. The van der Waals surface area contributed by atoms with E-state index in [0.717, 1.165) is 4.47 Å². The summed E-state index contributed by atoms with van der Waals surface area (Å²) in [5.74, 6) is 1.05. The summed E-state index contributed by atoms with van der Waals surface area (Å²) in [5, 5.41) is 0. The van der Waals surface area contributed by atoms with Gasteiger partial charge >= 0.3 is 0 Å². The van der Waals surface area contributed by atoms with Gasteiger partial charge in [0.2, 0.25) is 0 Å². The van der Waals surface area contributed by atoms with Gasteiger partial charge in [-0.2, -0.15) is 0 Å². The number of benzene rings is 1. The molecule has 3 heteroatoms. The lowest BCUT2D eigenvalue weighted by Crippen LogP contribution is -2.26. The van der Waals surface area contributed by atoms with E-state index in [0.29, 0.717) is 11.8 Å². The van der Waals surface area contributed by atoms with Gasteiger partial charge in [0.15, 0.2) is 0 Å². The molecule has 13 heavy (non-hydrogen) atoms. The zero-order valence-electron chi connectivity index (χ0n) is 7.36. The van der Waals surface area contributed by atoms with Crippen LogP contribution in [0.5, 0.6) is 0 Å². The van der Waals surface area contributed by atoms with E-state index in [4.69, 9.17) is 23.2 Å². The van der Waals surface area contributed by atoms with E-state index in [2.05, 4.69) is 28.9 Å². The predicted molar refractivity (Wildman–Crippen MR) is 62.9 cm³/mol. The molecular weight excluding hydrogens is 271 g/mol. The molecule has 0 N–H and O–H groups in total. The van der Waals surface area contributed by atoms with Gasteiger partial charge in [0.05, 0.1) is 0 Å². The molecule has 0 heterocycles. The second-order valence-corrected chi connectivity index (χ2v) is 4.70. The van der Waals surface area contributed by atoms with E-state index in [9.17, 15) is 0 Å². The third-order valence-electron chi connectivity index (χ3n) is 2.11. The second-order valence-electron chi connectivity index (χ2n) is 3.31. The van der Waals surface area contributed by atoms with E-state index in [1.165, 1.54) is 5.56 Å². The third-order valence-corrected chi connectivity index (χ3v) is 3.99. The molecule has 0 bridgehead atoms. The lowest BCUT2D eigenvalue weighted by atomic mass is 9.87. The standard InChI is InChI=1S/C10H11BrCl2/c1-10(6-12,7-13)8-4-2-3-5-9(8)11/h2-5H,6-7H2,1H3. The van der Waals surface area contributed by atoms with Gasteiger partial charge in [-0.1, -0.05) is 41.1 Å². The summed E-state index contributed by atoms with van der Waals surface area (Å²) < 4.78 is 1.07. The van der Waals surface area contributed by atoms with E-state index in [1.54, 1.807) is 0 Å². The van der Waals surface area contributed by atoms with Crippen LogP contribution in [0.4, 0.5) is 0 Å². The maximum absolute atomic E-state index is 5.91. The van der Waals surface area contributed by atoms with Crippen molar-refractivity contribution in [3.8, 4) is 0 Å². The van der Waals surface area contributed by atoms with Crippen molar-refractivity contribution in [2.45, 2.75) is 12.3 Å². The van der Waals surface area contributed by atoms with Gasteiger partial charge < -0.3 is 0 Å². The predicted octanol–water partition coefficient (Wildman–Crippen LogP) is 4.18. The molecule has 0 aliphatic rings. The SMILES string of the molecule is CC(CCl)(CCl)c1ccccc1Br. The first-order valence-corrected chi connectivity index (χ1v) is 5.87. The quantitative estimate of drug-likeness (QED) is 0.729. The molecular formula is C10H11BrCl2. The van der Waals surface area contributed by atoms with Crippen LogP contribution in [-0.2, 0) is 5.41 Å². The molecule has 0 unspecified atom stereocenters. The normalized spacial score (nSPS) is 11.7. The van der Waals surface area contributed by atoms with E-state index in [-0.39, 0.29) is 5.41 Å². The third kappa shape index (κ3) is 2.39. The summed E-state index contributed by atoms with van der Waals surface area (Å²) in [6, 6.07) is 8.04. The van der Waals surface area contributed by atoms with E-state index in [1.807, 2.05) is 18.2 Å². The smallest absolute Gasteiger partial charge is 0.0329 e. The van der Waals surface area contributed by atoms with Gasteiger partial charge in [0.1, 0.15) is 0 Å². The molecule has 0 amide bonds. The summed E-state index contributed by atoms with van der Waals surface area (Å²) in [6.07, 6.45) is 0. The second kappa shape index (κ2) is 4.68. The fourth-order valence-electron chi connectivity index (χ4n) is 1.13. The van der Waals surface area contributed by atoms with Crippen LogP contribution in [-0.4, -0.2) is 11.8 Å². The summed E-state index contributed by atoms with van der Waals surface area (Å²) >= 11 is 15.3. The minimum absolute atomic E-state index is 0.150.